The summed E-state index contributed by atoms with van der Waals surface area (Å²) in [6.07, 6.45) is 12.0. The van der Waals surface area contributed by atoms with E-state index in [0.717, 1.165) is 38.1 Å². The molecule has 0 aliphatic carbocycles. The van der Waals surface area contributed by atoms with Gasteiger partial charge in [0.05, 0.1) is 6.33 Å². The normalized spacial score (nSPS) is 17.8. The first-order valence-corrected chi connectivity index (χ1v) is 8.37. The van der Waals surface area contributed by atoms with Gasteiger partial charge in [-0.05, 0) is 26.2 Å². The van der Waals surface area contributed by atoms with Crippen LogP contribution < -0.4 is 0 Å². The molecule has 1 fully saturated rings. The van der Waals surface area contributed by atoms with E-state index in [4.69, 9.17) is 0 Å². The number of hydrogen-bond donors (Lipinski definition) is 0. The highest BCUT2D eigenvalue weighted by atomic mass is 16.2. The van der Waals surface area contributed by atoms with Crippen LogP contribution in [0.1, 0.15) is 37.2 Å². The fourth-order valence-electron chi connectivity index (χ4n) is 3.32. The second kappa shape index (κ2) is 6.98. The van der Waals surface area contributed by atoms with Gasteiger partial charge < -0.3 is 14.0 Å². The van der Waals surface area contributed by atoms with E-state index < -0.39 is 0 Å². The molecule has 6 heteroatoms. The molecule has 2 aromatic heterocycles. The number of hydrogen-bond acceptors (Lipinski definition) is 3. The largest absolute Gasteiger partial charge is 0.340 e. The number of carbonyl (C=O) groups is 1. The van der Waals surface area contributed by atoms with E-state index in [-0.39, 0.29) is 5.91 Å². The Labute approximate surface area is 137 Å². The lowest BCUT2D eigenvalue weighted by molar-refractivity contribution is -0.132. The first-order chi connectivity index (χ1) is 11.1. The first kappa shape index (κ1) is 15.8. The maximum Gasteiger partial charge on any atom is 0.224 e. The zero-order valence-electron chi connectivity index (χ0n) is 14.0. The van der Waals surface area contributed by atoms with Crippen LogP contribution in [0.3, 0.4) is 0 Å². The molecule has 2 aromatic rings. The molecule has 6 nitrogen and oxygen atoms in total. The zero-order chi connectivity index (χ0) is 16.2. The van der Waals surface area contributed by atoms with Crippen molar-refractivity contribution >= 4 is 5.91 Å². The van der Waals surface area contributed by atoms with Gasteiger partial charge in [0.1, 0.15) is 5.82 Å². The number of aromatic nitrogens is 4. The van der Waals surface area contributed by atoms with Crippen molar-refractivity contribution in [2.75, 3.05) is 6.54 Å². The van der Waals surface area contributed by atoms with E-state index in [0.29, 0.717) is 19.0 Å². The standard InChI is InChI=1S/C17H25N5O/c1-14-12-19-16(20(14)2)6-5-15-4-3-9-22(15)17(23)7-10-21-11-8-18-13-21/h8,11-13,15H,3-7,9-10H2,1-2H3/t15-/m1/s1. The highest BCUT2D eigenvalue weighted by molar-refractivity contribution is 5.76. The Bertz CT molecular complexity index is 646. The van der Waals surface area contributed by atoms with Crippen molar-refractivity contribution in [2.45, 2.75) is 51.6 Å². The van der Waals surface area contributed by atoms with Gasteiger partial charge in [-0.15, -0.1) is 0 Å². The Morgan fingerprint density at radius 2 is 2.30 bits per heavy atom. The van der Waals surface area contributed by atoms with Gasteiger partial charge in [0.25, 0.3) is 0 Å². The number of carbonyl (C=O) groups excluding carboxylic acids is 1. The van der Waals surface area contributed by atoms with Crippen molar-refractivity contribution in [1.82, 2.24) is 24.0 Å². The quantitative estimate of drug-likeness (QED) is 0.818. The molecule has 0 radical (unpaired) electrons. The molecule has 23 heavy (non-hydrogen) atoms. The number of rotatable bonds is 6. The van der Waals surface area contributed by atoms with Crippen LogP contribution >= 0.6 is 0 Å². The molecular formula is C17H25N5O. The van der Waals surface area contributed by atoms with Crippen molar-refractivity contribution in [2.24, 2.45) is 7.05 Å². The van der Waals surface area contributed by atoms with Gasteiger partial charge in [0.15, 0.2) is 0 Å². The highest BCUT2D eigenvalue weighted by Crippen LogP contribution is 2.22. The van der Waals surface area contributed by atoms with Crippen LogP contribution in [0.5, 0.6) is 0 Å². The average Bonchev–Trinajstić information content (AvgIpc) is 3.27. The first-order valence-electron chi connectivity index (χ1n) is 8.37. The summed E-state index contributed by atoms with van der Waals surface area (Å²) in [6.45, 7) is 3.67. The van der Waals surface area contributed by atoms with E-state index >= 15 is 0 Å². The van der Waals surface area contributed by atoms with Crippen molar-refractivity contribution in [3.63, 3.8) is 0 Å². The smallest absolute Gasteiger partial charge is 0.224 e. The van der Waals surface area contributed by atoms with Gasteiger partial charge in [0.2, 0.25) is 5.91 Å². The molecule has 0 spiro atoms. The molecule has 0 N–H and O–H groups in total. The maximum atomic E-state index is 12.5. The topological polar surface area (TPSA) is 56.0 Å². The second-order valence-corrected chi connectivity index (χ2v) is 6.35. The van der Waals surface area contributed by atoms with Crippen molar-refractivity contribution < 1.29 is 4.79 Å². The third-order valence-electron chi connectivity index (χ3n) is 4.86. The number of amides is 1. The molecule has 0 unspecified atom stereocenters. The Kier molecular flexibility index (Phi) is 4.79. The SMILES string of the molecule is Cc1cnc(CC[C@H]2CCCN2C(=O)CCn2ccnc2)n1C. The fourth-order valence-corrected chi connectivity index (χ4v) is 3.32. The Morgan fingerprint density at radius 3 is 3.00 bits per heavy atom. The van der Waals surface area contributed by atoms with E-state index in [2.05, 4.69) is 33.4 Å². The summed E-state index contributed by atoms with van der Waals surface area (Å²) in [4.78, 5) is 23.1. The minimum absolute atomic E-state index is 0.261. The molecule has 0 bridgehead atoms. The highest BCUT2D eigenvalue weighted by Gasteiger charge is 2.28. The molecule has 1 amide bonds. The van der Waals surface area contributed by atoms with Crippen LogP contribution in [-0.4, -0.2) is 42.5 Å². The average molecular weight is 315 g/mol. The lowest BCUT2D eigenvalue weighted by Gasteiger charge is -2.25. The van der Waals surface area contributed by atoms with Crippen LogP contribution in [0.4, 0.5) is 0 Å². The third kappa shape index (κ3) is 3.63. The predicted octanol–water partition coefficient (Wildman–Crippen LogP) is 1.94. The van der Waals surface area contributed by atoms with Crippen LogP contribution in [0, 0.1) is 6.92 Å². The van der Waals surface area contributed by atoms with Gasteiger partial charge in [-0.3, -0.25) is 4.79 Å². The molecule has 0 saturated carbocycles. The Morgan fingerprint density at radius 1 is 1.43 bits per heavy atom. The third-order valence-corrected chi connectivity index (χ3v) is 4.86. The molecular weight excluding hydrogens is 290 g/mol. The number of nitrogens with zero attached hydrogens (tertiary/aromatic N) is 5. The van der Waals surface area contributed by atoms with Crippen LogP contribution in [0.2, 0.25) is 0 Å². The van der Waals surface area contributed by atoms with Crippen molar-refractivity contribution in [1.29, 1.82) is 0 Å². The van der Waals surface area contributed by atoms with Gasteiger partial charge >= 0.3 is 0 Å². The predicted molar refractivity (Wildman–Crippen MR) is 87.8 cm³/mol. The monoisotopic (exact) mass is 315 g/mol. The summed E-state index contributed by atoms with van der Waals surface area (Å²) in [5, 5.41) is 0. The zero-order valence-corrected chi connectivity index (χ0v) is 14.0. The summed E-state index contributed by atoms with van der Waals surface area (Å²) in [6, 6.07) is 0.363. The second-order valence-electron chi connectivity index (χ2n) is 6.35. The van der Waals surface area contributed by atoms with Gasteiger partial charge in [-0.2, -0.15) is 0 Å². The lowest BCUT2D eigenvalue weighted by atomic mass is 10.1. The Balaban J connectivity index is 1.52. The fraction of sp³-hybridized carbons (Fsp3) is 0.588. The number of imidazole rings is 2. The minimum atomic E-state index is 0.261. The maximum absolute atomic E-state index is 12.5. The van der Waals surface area contributed by atoms with E-state index in [9.17, 15) is 4.79 Å². The molecule has 1 saturated heterocycles. The van der Waals surface area contributed by atoms with Crippen molar-refractivity contribution in [3.05, 3.63) is 36.4 Å². The van der Waals surface area contributed by atoms with E-state index in [1.807, 2.05) is 17.0 Å². The Hall–Kier alpha value is -2.11. The van der Waals surface area contributed by atoms with Crippen LogP contribution in [0.15, 0.2) is 24.9 Å². The molecule has 3 heterocycles. The van der Waals surface area contributed by atoms with Crippen LogP contribution in [-0.2, 0) is 24.8 Å². The lowest BCUT2D eigenvalue weighted by Crippen LogP contribution is -2.36. The van der Waals surface area contributed by atoms with Crippen LogP contribution in [0.25, 0.3) is 0 Å². The summed E-state index contributed by atoms with van der Waals surface area (Å²) in [7, 11) is 2.06. The molecule has 124 valence electrons. The van der Waals surface area contributed by atoms with Gasteiger partial charge in [-0.1, -0.05) is 0 Å². The summed E-state index contributed by atoms with van der Waals surface area (Å²) in [5.41, 5.74) is 1.18. The van der Waals surface area contributed by atoms with Gasteiger partial charge in [0, 0.05) is 63.3 Å². The van der Waals surface area contributed by atoms with Crippen molar-refractivity contribution in [3.8, 4) is 0 Å². The molecule has 1 atom stereocenters. The van der Waals surface area contributed by atoms with Gasteiger partial charge in [-0.25, -0.2) is 9.97 Å². The number of likely N-dealkylation sites (tertiary alicyclic amines) is 1. The minimum Gasteiger partial charge on any atom is -0.340 e. The van der Waals surface area contributed by atoms with E-state index in [1.54, 1.807) is 12.5 Å². The number of aryl methyl sites for hydroxylation is 3. The molecule has 3 rings (SSSR count). The summed E-state index contributed by atoms with van der Waals surface area (Å²) in [5.74, 6) is 1.37. The molecule has 1 aliphatic heterocycles. The van der Waals surface area contributed by atoms with E-state index in [1.165, 1.54) is 5.69 Å². The molecule has 1 aliphatic rings. The molecule has 0 aromatic carbocycles. The summed E-state index contributed by atoms with van der Waals surface area (Å²) >= 11 is 0. The summed E-state index contributed by atoms with van der Waals surface area (Å²) < 4.78 is 4.10.